The zero-order valence-electron chi connectivity index (χ0n) is 14.2. The minimum absolute atomic E-state index is 0. The summed E-state index contributed by atoms with van der Waals surface area (Å²) in [5, 5.41) is 0. The molecule has 0 unspecified atom stereocenters. The maximum absolute atomic E-state index is 7.18. The summed E-state index contributed by atoms with van der Waals surface area (Å²) in [6.45, 7) is 14.2. The van der Waals surface area contributed by atoms with Gasteiger partial charge in [0.2, 0.25) is 0 Å². The van der Waals surface area contributed by atoms with Gasteiger partial charge in [-0.15, -0.1) is 6.11 Å². The predicted molar refractivity (Wildman–Crippen MR) is 75.8 cm³/mol. The van der Waals surface area contributed by atoms with E-state index in [0.717, 1.165) is 13.0 Å². The SMILES string of the molecule is [C-]#CO[C@@H]1[C@H](OCC(C)(C)C)[C@H]2CC[C@]1(C)C2(C)C.[Li+]. The van der Waals surface area contributed by atoms with E-state index in [1.807, 2.05) is 0 Å². The standard InChI is InChI=1S/C17H27O2.Li/c1-8-18-14-13(19-11-15(2,3)4)12-9-10-17(14,7)16(12,5)6;/h12-14H,9-11H2,2-7H3;/q-1;+1/t12-,13-,14-,17+;/m1./s1. The van der Waals surface area contributed by atoms with Gasteiger partial charge in [0.05, 0.1) is 12.7 Å². The van der Waals surface area contributed by atoms with Gasteiger partial charge >= 0.3 is 18.9 Å². The maximum Gasteiger partial charge on any atom is 1.00 e. The van der Waals surface area contributed by atoms with Gasteiger partial charge in [-0.2, -0.15) is 0 Å². The topological polar surface area (TPSA) is 18.5 Å². The predicted octanol–water partition coefficient (Wildman–Crippen LogP) is 0.810. The van der Waals surface area contributed by atoms with Crippen molar-refractivity contribution in [2.45, 2.75) is 66.6 Å². The fraction of sp³-hybridized carbons (Fsp3) is 0.882. The van der Waals surface area contributed by atoms with Crippen LogP contribution in [0.2, 0.25) is 0 Å². The Morgan fingerprint density at radius 2 is 1.85 bits per heavy atom. The van der Waals surface area contributed by atoms with Crippen LogP contribution in [0.3, 0.4) is 0 Å². The molecule has 108 valence electrons. The van der Waals surface area contributed by atoms with E-state index in [0.29, 0.717) is 5.92 Å². The third-order valence-corrected chi connectivity index (χ3v) is 5.59. The normalized spacial score (nSPS) is 38.1. The van der Waals surface area contributed by atoms with E-state index in [-0.39, 0.29) is 47.3 Å². The molecule has 4 atom stereocenters. The first-order valence-electron chi connectivity index (χ1n) is 7.32. The molecule has 2 saturated carbocycles. The van der Waals surface area contributed by atoms with Crippen LogP contribution >= 0.6 is 0 Å². The van der Waals surface area contributed by atoms with Gasteiger partial charge in [-0.05, 0) is 29.6 Å². The molecule has 0 aromatic rings. The van der Waals surface area contributed by atoms with Gasteiger partial charge in [-0.25, -0.2) is 0 Å². The summed E-state index contributed by atoms with van der Waals surface area (Å²) < 4.78 is 11.8. The van der Waals surface area contributed by atoms with E-state index in [2.05, 4.69) is 47.6 Å². The Hall–Kier alpha value is -0.0826. The van der Waals surface area contributed by atoms with Crippen molar-refractivity contribution in [3.05, 3.63) is 6.42 Å². The molecule has 2 rings (SSSR count). The summed E-state index contributed by atoms with van der Waals surface area (Å²) in [6.07, 6.45) is 11.8. The van der Waals surface area contributed by atoms with Crippen LogP contribution in [0, 0.1) is 34.7 Å². The minimum Gasteiger partial charge on any atom is -0.648 e. The number of rotatable bonds is 3. The molecule has 0 aromatic heterocycles. The van der Waals surface area contributed by atoms with Gasteiger partial charge in [-0.1, -0.05) is 41.5 Å². The Bertz CT molecular complexity index is 391. The van der Waals surface area contributed by atoms with Gasteiger partial charge < -0.3 is 15.9 Å². The Labute approximate surface area is 136 Å². The Morgan fingerprint density at radius 3 is 2.35 bits per heavy atom. The van der Waals surface area contributed by atoms with Crippen LogP contribution in [0.4, 0.5) is 0 Å². The van der Waals surface area contributed by atoms with E-state index >= 15 is 0 Å². The van der Waals surface area contributed by atoms with Crippen LogP contribution in [0.1, 0.15) is 54.4 Å². The Kier molecular flexibility index (Phi) is 5.04. The van der Waals surface area contributed by atoms with Gasteiger partial charge in [0, 0.05) is 5.41 Å². The third kappa shape index (κ3) is 2.66. The quantitative estimate of drug-likeness (QED) is 0.429. The molecule has 0 N–H and O–H groups in total. The molecular weight excluding hydrogens is 243 g/mol. The largest absolute Gasteiger partial charge is 1.00 e. The second-order valence-corrected chi connectivity index (χ2v) is 8.26. The Morgan fingerprint density at radius 1 is 1.25 bits per heavy atom. The third-order valence-electron chi connectivity index (χ3n) is 5.59. The van der Waals surface area contributed by atoms with Crippen LogP contribution in [-0.2, 0) is 9.47 Å². The summed E-state index contributed by atoms with van der Waals surface area (Å²) in [6, 6.07) is 0. The van der Waals surface area contributed by atoms with Crippen molar-refractivity contribution in [3.8, 4) is 6.11 Å². The molecule has 0 radical (unpaired) electrons. The first kappa shape index (κ1) is 18.0. The van der Waals surface area contributed by atoms with Crippen molar-refractivity contribution in [2.75, 3.05) is 6.61 Å². The number of ether oxygens (including phenoxy) is 2. The van der Waals surface area contributed by atoms with Gasteiger partial charge in [-0.3, -0.25) is 0 Å². The first-order chi connectivity index (χ1) is 8.63. The number of hydrogen-bond acceptors (Lipinski definition) is 2. The molecule has 0 aromatic carbocycles. The molecule has 2 bridgehead atoms. The van der Waals surface area contributed by atoms with Gasteiger partial charge in [0.15, 0.2) is 0 Å². The van der Waals surface area contributed by atoms with Crippen LogP contribution in [0.5, 0.6) is 0 Å². The average Bonchev–Trinajstić information content (AvgIpc) is 2.58. The summed E-state index contributed by atoms with van der Waals surface area (Å²) in [7, 11) is 0. The van der Waals surface area contributed by atoms with Crippen molar-refractivity contribution in [3.63, 3.8) is 0 Å². The fourth-order valence-electron chi connectivity index (χ4n) is 4.03. The molecule has 2 fully saturated rings. The van der Waals surface area contributed by atoms with E-state index in [4.69, 9.17) is 15.9 Å². The van der Waals surface area contributed by atoms with Crippen molar-refractivity contribution < 1.29 is 28.3 Å². The summed E-state index contributed by atoms with van der Waals surface area (Å²) >= 11 is 0. The maximum atomic E-state index is 7.18. The smallest absolute Gasteiger partial charge is 0.648 e. The molecule has 0 aliphatic heterocycles. The first-order valence-corrected chi connectivity index (χ1v) is 7.32. The number of fused-ring (bicyclic) bond motifs is 2. The summed E-state index contributed by atoms with van der Waals surface area (Å²) in [5.41, 5.74) is 0.456. The van der Waals surface area contributed by atoms with Gasteiger partial charge in [0.1, 0.15) is 6.10 Å². The van der Waals surface area contributed by atoms with Gasteiger partial charge in [0.25, 0.3) is 0 Å². The number of hydrogen-bond donors (Lipinski definition) is 0. The molecule has 0 amide bonds. The Balaban J connectivity index is 0.00000200. The molecule has 2 aliphatic carbocycles. The minimum atomic E-state index is -0.0268. The second kappa shape index (κ2) is 5.60. The van der Waals surface area contributed by atoms with Crippen LogP contribution in [-0.4, -0.2) is 18.8 Å². The average molecular weight is 270 g/mol. The van der Waals surface area contributed by atoms with E-state index in [9.17, 15) is 0 Å². The molecule has 2 aliphatic rings. The van der Waals surface area contributed by atoms with Crippen molar-refractivity contribution in [2.24, 2.45) is 22.2 Å². The van der Waals surface area contributed by atoms with Crippen LogP contribution in [0.25, 0.3) is 0 Å². The molecule has 0 heterocycles. The van der Waals surface area contributed by atoms with Crippen molar-refractivity contribution in [1.29, 1.82) is 0 Å². The molecule has 0 saturated heterocycles. The van der Waals surface area contributed by atoms with Crippen molar-refractivity contribution >= 4 is 0 Å². The molecular formula is C17H27LiO2. The second-order valence-electron chi connectivity index (χ2n) is 8.26. The summed E-state index contributed by atoms with van der Waals surface area (Å²) in [4.78, 5) is 0. The molecule has 20 heavy (non-hydrogen) atoms. The molecule has 2 nitrogen and oxygen atoms in total. The molecule has 3 heteroatoms. The zero-order chi connectivity index (χ0) is 14.5. The van der Waals surface area contributed by atoms with Crippen LogP contribution < -0.4 is 18.9 Å². The van der Waals surface area contributed by atoms with E-state index in [1.54, 1.807) is 0 Å². The van der Waals surface area contributed by atoms with E-state index < -0.39 is 0 Å². The van der Waals surface area contributed by atoms with Crippen LogP contribution in [0.15, 0.2) is 0 Å². The fourth-order valence-corrected chi connectivity index (χ4v) is 4.03. The summed E-state index contributed by atoms with van der Waals surface area (Å²) in [5.74, 6) is 0.526. The van der Waals surface area contributed by atoms with Crippen molar-refractivity contribution in [1.82, 2.24) is 0 Å². The monoisotopic (exact) mass is 270 g/mol. The van der Waals surface area contributed by atoms with E-state index in [1.165, 1.54) is 6.42 Å². The zero-order valence-corrected chi connectivity index (χ0v) is 14.2. The molecule has 0 spiro atoms.